The largest absolute Gasteiger partial charge is 0.378 e. The first-order valence-corrected chi connectivity index (χ1v) is 10.4. The highest BCUT2D eigenvalue weighted by Gasteiger charge is 2.60. The summed E-state index contributed by atoms with van der Waals surface area (Å²) in [6.45, 7) is 20.2. The maximum absolute atomic E-state index is 6.50. The Kier molecular flexibility index (Phi) is 5.58. The lowest BCUT2D eigenvalue weighted by atomic mass is 9.52. The normalized spacial score (nSPS) is 31.8. The molecule has 0 aromatic carbocycles. The zero-order valence-corrected chi connectivity index (χ0v) is 16.8. The summed E-state index contributed by atoms with van der Waals surface area (Å²) in [7, 11) is -0.203. The first-order chi connectivity index (χ1) is 9.02. The Labute approximate surface area is 130 Å². The lowest BCUT2D eigenvalue weighted by Crippen LogP contribution is -2.65. The van der Waals surface area contributed by atoms with Crippen LogP contribution in [0.2, 0.25) is 6.04 Å². The van der Waals surface area contributed by atoms with Gasteiger partial charge in [0.05, 0.1) is 21.4 Å². The predicted molar refractivity (Wildman–Crippen MR) is 93.2 cm³/mol. The summed E-state index contributed by atoms with van der Waals surface area (Å²) in [5, 5.41) is 0.151. The third-order valence-corrected chi connectivity index (χ3v) is 9.98. The molecule has 0 N–H and O–H groups in total. The molecule has 2 heteroatoms. The molecule has 1 saturated heterocycles. The minimum atomic E-state index is -0.203. The van der Waals surface area contributed by atoms with Crippen LogP contribution in [0.5, 0.6) is 0 Å². The Morgan fingerprint density at radius 2 is 1.45 bits per heavy atom. The third kappa shape index (κ3) is 3.01. The first-order valence-electron chi connectivity index (χ1n) is 8.66. The Morgan fingerprint density at radius 1 is 0.850 bits per heavy atom. The molecule has 0 amide bonds. The van der Waals surface area contributed by atoms with E-state index in [4.69, 9.17) is 4.74 Å². The van der Waals surface area contributed by atoms with Crippen molar-refractivity contribution in [2.24, 2.45) is 16.2 Å². The lowest BCUT2D eigenvalue weighted by Gasteiger charge is -2.64. The standard InChI is InChI=1S/C18H38OSi/c1-9-10-11-12-13-20-18(8)17(6,7)16(4,5)15(2,3)14-19-18/h9-14,20H2,1-8H3. The fraction of sp³-hybridized carbons (Fsp3) is 1.00. The molecule has 0 aromatic heterocycles. The van der Waals surface area contributed by atoms with Gasteiger partial charge in [0.2, 0.25) is 0 Å². The molecule has 1 heterocycles. The smallest absolute Gasteiger partial charge is 0.0598 e. The van der Waals surface area contributed by atoms with E-state index < -0.39 is 0 Å². The van der Waals surface area contributed by atoms with Gasteiger partial charge in [0.15, 0.2) is 0 Å². The topological polar surface area (TPSA) is 9.23 Å². The van der Waals surface area contributed by atoms with Crippen LogP contribution in [0.15, 0.2) is 0 Å². The molecular formula is C18H38OSi. The van der Waals surface area contributed by atoms with Gasteiger partial charge in [0.1, 0.15) is 0 Å². The van der Waals surface area contributed by atoms with E-state index in [0.717, 1.165) is 6.61 Å². The van der Waals surface area contributed by atoms with Gasteiger partial charge in [-0.25, -0.2) is 0 Å². The van der Waals surface area contributed by atoms with Gasteiger partial charge in [-0.2, -0.15) is 0 Å². The molecule has 0 spiro atoms. The molecule has 1 aliphatic heterocycles. The second kappa shape index (κ2) is 6.12. The number of ether oxygens (including phenoxy) is 1. The highest BCUT2D eigenvalue weighted by molar-refractivity contribution is 6.39. The Balaban J connectivity index is 2.74. The molecular weight excluding hydrogens is 260 g/mol. The van der Waals surface area contributed by atoms with Gasteiger partial charge in [-0.05, 0) is 23.2 Å². The molecule has 0 bridgehead atoms. The lowest BCUT2D eigenvalue weighted by molar-refractivity contribution is -0.223. The molecule has 1 nitrogen and oxygen atoms in total. The quantitative estimate of drug-likeness (QED) is 0.496. The maximum atomic E-state index is 6.50. The monoisotopic (exact) mass is 298 g/mol. The van der Waals surface area contributed by atoms with Crippen molar-refractivity contribution in [3.63, 3.8) is 0 Å². The summed E-state index contributed by atoms with van der Waals surface area (Å²) in [6, 6.07) is 1.44. The zero-order valence-electron chi connectivity index (χ0n) is 15.4. The van der Waals surface area contributed by atoms with Crippen molar-refractivity contribution in [3.8, 4) is 0 Å². The second-order valence-electron chi connectivity index (χ2n) is 8.82. The SMILES string of the molecule is CCCCCC[SiH2]C1(C)OCC(C)(C)C(C)(C)C1(C)C. The highest BCUT2D eigenvalue weighted by Crippen LogP contribution is 2.60. The van der Waals surface area contributed by atoms with Crippen molar-refractivity contribution in [2.45, 2.75) is 92.3 Å². The van der Waals surface area contributed by atoms with Crippen LogP contribution in [0, 0.1) is 16.2 Å². The minimum absolute atomic E-state index is 0.151. The Bertz CT molecular complexity index is 319. The van der Waals surface area contributed by atoms with Crippen LogP contribution in [0.3, 0.4) is 0 Å². The molecule has 0 radical (unpaired) electrons. The fourth-order valence-electron chi connectivity index (χ4n) is 3.66. The molecule has 1 unspecified atom stereocenters. The van der Waals surface area contributed by atoms with Crippen LogP contribution < -0.4 is 0 Å². The van der Waals surface area contributed by atoms with E-state index in [-0.39, 0.29) is 25.6 Å². The van der Waals surface area contributed by atoms with Crippen LogP contribution in [-0.4, -0.2) is 21.4 Å². The van der Waals surface area contributed by atoms with Gasteiger partial charge in [-0.1, -0.05) is 80.2 Å². The summed E-state index contributed by atoms with van der Waals surface area (Å²) >= 11 is 0. The van der Waals surface area contributed by atoms with Crippen molar-refractivity contribution in [1.82, 2.24) is 0 Å². The summed E-state index contributed by atoms with van der Waals surface area (Å²) in [5.74, 6) is 0. The molecule has 1 atom stereocenters. The summed E-state index contributed by atoms with van der Waals surface area (Å²) in [6.07, 6.45) is 5.56. The van der Waals surface area contributed by atoms with Gasteiger partial charge in [-0.15, -0.1) is 0 Å². The van der Waals surface area contributed by atoms with E-state index in [2.05, 4.69) is 55.4 Å². The fourth-order valence-corrected chi connectivity index (χ4v) is 6.25. The number of rotatable bonds is 6. The third-order valence-electron chi connectivity index (χ3n) is 7.09. The first kappa shape index (κ1) is 18.2. The van der Waals surface area contributed by atoms with Crippen molar-refractivity contribution >= 4 is 9.52 Å². The molecule has 0 aromatic rings. The van der Waals surface area contributed by atoms with Crippen LogP contribution >= 0.6 is 0 Å². The summed E-state index contributed by atoms with van der Waals surface area (Å²) in [5.41, 5.74) is 0.814. The molecule has 1 fully saturated rings. The van der Waals surface area contributed by atoms with Crippen molar-refractivity contribution in [1.29, 1.82) is 0 Å². The van der Waals surface area contributed by atoms with Gasteiger partial charge < -0.3 is 4.74 Å². The predicted octanol–water partition coefficient (Wildman–Crippen LogP) is 4.98. The van der Waals surface area contributed by atoms with Gasteiger partial charge in [0.25, 0.3) is 0 Å². The number of hydrogen-bond acceptors (Lipinski definition) is 1. The second-order valence-corrected chi connectivity index (χ2v) is 11.4. The van der Waals surface area contributed by atoms with E-state index in [1.165, 1.54) is 31.7 Å². The highest BCUT2D eigenvalue weighted by atomic mass is 28.2. The molecule has 1 aliphatic rings. The number of hydrogen-bond donors (Lipinski definition) is 0. The van der Waals surface area contributed by atoms with Crippen LogP contribution in [-0.2, 0) is 4.74 Å². The van der Waals surface area contributed by atoms with Gasteiger partial charge in [-0.3, -0.25) is 0 Å². The number of unbranched alkanes of at least 4 members (excludes halogenated alkanes) is 3. The Hall–Kier alpha value is 0.177. The van der Waals surface area contributed by atoms with Crippen molar-refractivity contribution in [3.05, 3.63) is 0 Å². The summed E-state index contributed by atoms with van der Waals surface area (Å²) in [4.78, 5) is 0. The van der Waals surface area contributed by atoms with Crippen molar-refractivity contribution in [2.75, 3.05) is 6.61 Å². The van der Waals surface area contributed by atoms with E-state index in [0.29, 0.717) is 5.41 Å². The Morgan fingerprint density at radius 3 is 2.00 bits per heavy atom. The van der Waals surface area contributed by atoms with Gasteiger partial charge in [0, 0.05) is 0 Å². The maximum Gasteiger partial charge on any atom is 0.0598 e. The zero-order chi connectivity index (χ0) is 15.7. The van der Waals surface area contributed by atoms with Gasteiger partial charge >= 0.3 is 0 Å². The van der Waals surface area contributed by atoms with Crippen LogP contribution in [0.1, 0.15) is 81.1 Å². The van der Waals surface area contributed by atoms with Crippen LogP contribution in [0.25, 0.3) is 0 Å². The summed E-state index contributed by atoms with van der Waals surface area (Å²) < 4.78 is 6.50. The minimum Gasteiger partial charge on any atom is -0.378 e. The van der Waals surface area contributed by atoms with E-state index in [1.54, 1.807) is 0 Å². The van der Waals surface area contributed by atoms with E-state index >= 15 is 0 Å². The van der Waals surface area contributed by atoms with Crippen LogP contribution in [0.4, 0.5) is 0 Å². The average Bonchev–Trinajstić information content (AvgIpc) is 2.34. The molecule has 0 saturated carbocycles. The average molecular weight is 299 g/mol. The van der Waals surface area contributed by atoms with E-state index in [1.807, 2.05) is 0 Å². The molecule has 0 aliphatic carbocycles. The molecule has 1 rings (SSSR count). The molecule has 20 heavy (non-hydrogen) atoms. The van der Waals surface area contributed by atoms with Crippen molar-refractivity contribution < 1.29 is 4.74 Å². The molecule has 120 valence electrons. The van der Waals surface area contributed by atoms with E-state index in [9.17, 15) is 0 Å².